The van der Waals surface area contributed by atoms with Gasteiger partial charge in [0.25, 0.3) is 0 Å². The quantitative estimate of drug-likeness (QED) is 0.781. The molecule has 29 heavy (non-hydrogen) atoms. The van der Waals surface area contributed by atoms with E-state index in [1.54, 1.807) is 0 Å². The minimum atomic E-state index is -0.179. The monoisotopic (exact) mass is 399 g/mol. The average molecular weight is 400 g/mol. The summed E-state index contributed by atoms with van der Waals surface area (Å²) in [6.07, 6.45) is 5.46. The van der Waals surface area contributed by atoms with Crippen LogP contribution in [-0.2, 0) is 16.0 Å². The Bertz CT molecular complexity index is 759. The van der Waals surface area contributed by atoms with Gasteiger partial charge in [0.1, 0.15) is 0 Å². The Morgan fingerprint density at radius 2 is 1.90 bits per heavy atom. The number of para-hydroxylation sites is 1. The Morgan fingerprint density at radius 1 is 1.14 bits per heavy atom. The third kappa shape index (κ3) is 4.00. The van der Waals surface area contributed by atoms with Crippen LogP contribution in [0.4, 0.5) is 10.5 Å². The van der Waals surface area contributed by atoms with Gasteiger partial charge in [-0.3, -0.25) is 9.69 Å². The van der Waals surface area contributed by atoms with Gasteiger partial charge < -0.3 is 14.5 Å². The Balaban J connectivity index is 1.37. The Hall–Kier alpha value is -2.08. The molecule has 4 rings (SSSR count). The van der Waals surface area contributed by atoms with Gasteiger partial charge in [0.05, 0.1) is 13.0 Å². The highest BCUT2D eigenvalue weighted by Gasteiger charge is 2.40. The number of nitrogens with zero attached hydrogens (tertiary/aromatic N) is 3. The molecule has 0 aliphatic carbocycles. The lowest BCUT2D eigenvalue weighted by Crippen LogP contribution is -2.54. The van der Waals surface area contributed by atoms with E-state index in [0.29, 0.717) is 19.1 Å². The fourth-order valence-electron chi connectivity index (χ4n) is 5.32. The van der Waals surface area contributed by atoms with Gasteiger partial charge in [-0.1, -0.05) is 18.2 Å². The van der Waals surface area contributed by atoms with Crippen LogP contribution in [0.2, 0.25) is 0 Å². The predicted octanol–water partition coefficient (Wildman–Crippen LogP) is 3.44. The molecule has 3 heterocycles. The topological polar surface area (TPSA) is 53.1 Å². The molecule has 1 aromatic carbocycles. The second-order valence-electron chi connectivity index (χ2n) is 8.82. The molecule has 6 nitrogen and oxygen atoms in total. The molecule has 3 aliphatic heterocycles. The number of likely N-dealkylation sites (tertiary alicyclic amines) is 2. The largest absolute Gasteiger partial charge is 0.450 e. The SMILES string of the molecule is CCOC(=O)N1CCCC(C)(N2CCC(N3C(=O)Cc4ccccc43)CC2)CC1. The van der Waals surface area contributed by atoms with Crippen LogP contribution < -0.4 is 4.90 Å². The maximum atomic E-state index is 12.6. The molecule has 3 aliphatic rings. The number of fused-ring (bicyclic) bond motifs is 1. The lowest BCUT2D eigenvalue weighted by Gasteiger charge is -2.46. The van der Waals surface area contributed by atoms with E-state index in [-0.39, 0.29) is 17.5 Å². The molecule has 0 bridgehead atoms. The van der Waals surface area contributed by atoms with Crippen LogP contribution >= 0.6 is 0 Å². The molecule has 2 fully saturated rings. The summed E-state index contributed by atoms with van der Waals surface area (Å²) < 4.78 is 5.20. The van der Waals surface area contributed by atoms with Gasteiger partial charge in [-0.15, -0.1) is 0 Å². The zero-order valence-corrected chi connectivity index (χ0v) is 17.7. The lowest BCUT2D eigenvalue weighted by atomic mass is 9.88. The number of anilines is 1. The standard InChI is InChI=1S/C23H33N3O3/c1-3-29-22(28)24-13-6-11-23(2,12-16-24)25-14-9-19(10-15-25)26-20-8-5-4-7-18(20)17-21(26)27/h4-5,7-8,19H,3,6,9-17H2,1-2H3. The van der Waals surface area contributed by atoms with Crippen molar-refractivity contribution in [3.05, 3.63) is 29.8 Å². The minimum Gasteiger partial charge on any atom is -0.450 e. The highest BCUT2D eigenvalue weighted by molar-refractivity contribution is 6.01. The fourth-order valence-corrected chi connectivity index (χ4v) is 5.32. The van der Waals surface area contributed by atoms with Crippen LogP contribution in [0.25, 0.3) is 0 Å². The first-order valence-electron chi connectivity index (χ1n) is 11.1. The molecule has 0 N–H and O–H groups in total. The molecule has 0 radical (unpaired) electrons. The summed E-state index contributed by atoms with van der Waals surface area (Å²) in [5, 5.41) is 0. The highest BCUT2D eigenvalue weighted by Crippen LogP contribution is 2.36. The molecule has 1 aromatic rings. The number of ether oxygens (including phenoxy) is 1. The molecule has 0 aromatic heterocycles. The number of hydrogen-bond donors (Lipinski definition) is 0. The number of piperidine rings is 1. The van der Waals surface area contributed by atoms with E-state index in [4.69, 9.17) is 4.74 Å². The van der Waals surface area contributed by atoms with Gasteiger partial charge in [-0.2, -0.15) is 0 Å². The van der Waals surface area contributed by atoms with Crippen LogP contribution in [0.3, 0.4) is 0 Å². The number of benzene rings is 1. The van der Waals surface area contributed by atoms with Crippen molar-refractivity contribution >= 4 is 17.7 Å². The van der Waals surface area contributed by atoms with Gasteiger partial charge >= 0.3 is 6.09 Å². The number of carbonyl (C=O) groups excluding carboxylic acids is 2. The second kappa shape index (κ2) is 8.34. The lowest BCUT2D eigenvalue weighted by molar-refractivity contribution is -0.118. The average Bonchev–Trinajstić information content (AvgIpc) is 2.92. The first-order valence-corrected chi connectivity index (χ1v) is 11.1. The molecule has 0 spiro atoms. The maximum absolute atomic E-state index is 12.6. The second-order valence-corrected chi connectivity index (χ2v) is 8.82. The van der Waals surface area contributed by atoms with E-state index in [1.165, 1.54) is 0 Å². The van der Waals surface area contributed by atoms with E-state index >= 15 is 0 Å². The van der Waals surface area contributed by atoms with Crippen LogP contribution in [0.1, 0.15) is 51.5 Å². The van der Waals surface area contributed by atoms with E-state index in [0.717, 1.165) is 69.5 Å². The summed E-state index contributed by atoms with van der Waals surface area (Å²) in [4.78, 5) is 31.3. The van der Waals surface area contributed by atoms with Crippen molar-refractivity contribution in [1.82, 2.24) is 9.80 Å². The van der Waals surface area contributed by atoms with Crippen LogP contribution in [0.15, 0.2) is 24.3 Å². The summed E-state index contributed by atoms with van der Waals surface area (Å²) in [5.74, 6) is 0.246. The van der Waals surface area contributed by atoms with Crippen molar-refractivity contribution < 1.29 is 14.3 Å². The molecule has 0 saturated carbocycles. The van der Waals surface area contributed by atoms with Crippen LogP contribution in [0, 0.1) is 0 Å². The molecular formula is C23H33N3O3. The van der Waals surface area contributed by atoms with E-state index in [1.807, 2.05) is 24.0 Å². The third-order valence-electron chi connectivity index (χ3n) is 7.04. The van der Waals surface area contributed by atoms with Crippen molar-refractivity contribution in [2.24, 2.45) is 0 Å². The van der Waals surface area contributed by atoms with Crippen molar-refractivity contribution in [3.63, 3.8) is 0 Å². The number of rotatable bonds is 3. The zero-order chi connectivity index (χ0) is 20.4. The number of amides is 2. The first-order chi connectivity index (χ1) is 14.0. The summed E-state index contributed by atoms with van der Waals surface area (Å²) in [6.45, 7) is 8.18. The van der Waals surface area contributed by atoms with Crippen molar-refractivity contribution in [2.75, 3.05) is 37.7 Å². The zero-order valence-electron chi connectivity index (χ0n) is 17.7. The van der Waals surface area contributed by atoms with Crippen molar-refractivity contribution in [3.8, 4) is 0 Å². The van der Waals surface area contributed by atoms with Crippen molar-refractivity contribution in [2.45, 2.75) is 64.0 Å². The summed E-state index contributed by atoms with van der Waals surface area (Å²) in [6, 6.07) is 8.51. The number of hydrogen-bond acceptors (Lipinski definition) is 4. The molecule has 158 valence electrons. The smallest absolute Gasteiger partial charge is 0.409 e. The van der Waals surface area contributed by atoms with Gasteiger partial charge in [0.2, 0.25) is 5.91 Å². The van der Waals surface area contributed by atoms with Crippen LogP contribution in [0.5, 0.6) is 0 Å². The molecule has 1 atom stereocenters. The Kier molecular flexibility index (Phi) is 5.81. The molecule has 6 heteroatoms. The Labute approximate surface area is 173 Å². The first kappa shape index (κ1) is 20.2. The molecular weight excluding hydrogens is 366 g/mol. The highest BCUT2D eigenvalue weighted by atomic mass is 16.6. The predicted molar refractivity (Wildman–Crippen MR) is 113 cm³/mol. The Morgan fingerprint density at radius 3 is 2.66 bits per heavy atom. The van der Waals surface area contributed by atoms with Gasteiger partial charge in [-0.05, 0) is 57.6 Å². The third-order valence-corrected chi connectivity index (χ3v) is 7.04. The van der Waals surface area contributed by atoms with Gasteiger partial charge in [-0.25, -0.2) is 4.79 Å². The van der Waals surface area contributed by atoms with Gasteiger partial charge in [0, 0.05) is 43.4 Å². The maximum Gasteiger partial charge on any atom is 0.409 e. The molecule has 2 saturated heterocycles. The van der Waals surface area contributed by atoms with Gasteiger partial charge in [0.15, 0.2) is 0 Å². The van der Waals surface area contributed by atoms with E-state index < -0.39 is 0 Å². The normalized spacial score (nSPS) is 26.3. The molecule has 1 unspecified atom stereocenters. The van der Waals surface area contributed by atoms with E-state index in [2.05, 4.69) is 28.9 Å². The summed E-state index contributed by atoms with van der Waals surface area (Å²) in [7, 11) is 0. The fraction of sp³-hybridized carbons (Fsp3) is 0.652. The molecule has 2 amide bonds. The van der Waals surface area contributed by atoms with Crippen LogP contribution in [-0.4, -0.2) is 66.2 Å². The van der Waals surface area contributed by atoms with E-state index in [9.17, 15) is 9.59 Å². The van der Waals surface area contributed by atoms with Crippen molar-refractivity contribution in [1.29, 1.82) is 0 Å². The summed E-state index contributed by atoms with van der Waals surface area (Å²) in [5.41, 5.74) is 2.38. The minimum absolute atomic E-state index is 0.110. The summed E-state index contributed by atoms with van der Waals surface area (Å²) >= 11 is 0. The number of carbonyl (C=O) groups is 2.